The molecule has 1 aliphatic rings. The minimum Gasteiger partial charge on any atom is -0.481 e. The van der Waals surface area contributed by atoms with E-state index < -0.39 is 18.2 Å². The van der Waals surface area contributed by atoms with E-state index in [0.717, 1.165) is 27.8 Å². The van der Waals surface area contributed by atoms with Gasteiger partial charge in [-0.05, 0) is 101 Å². The molecule has 3 aromatic rings. The van der Waals surface area contributed by atoms with Crippen molar-refractivity contribution in [3.8, 4) is 0 Å². The lowest BCUT2D eigenvalue weighted by molar-refractivity contribution is -0.141. The number of benzene rings is 3. The van der Waals surface area contributed by atoms with Crippen molar-refractivity contribution in [2.24, 2.45) is 11.8 Å². The number of carbonyl (C=O) groups is 3. The average molecular weight is 665 g/mol. The molecule has 6 nitrogen and oxygen atoms in total. The van der Waals surface area contributed by atoms with E-state index in [4.69, 9.17) is 33.0 Å². The molecule has 0 saturated carbocycles. The van der Waals surface area contributed by atoms with Crippen LogP contribution in [-0.2, 0) is 27.2 Å². The third-order valence-electron chi connectivity index (χ3n) is 7.75. The number of cyclic esters (lactones) is 1. The maximum atomic E-state index is 13.4. The minimum atomic E-state index is -0.752. The monoisotopic (exact) mass is 663 g/mol. The smallest absolute Gasteiger partial charge is 0.417 e. The maximum absolute atomic E-state index is 13.4. The summed E-state index contributed by atoms with van der Waals surface area (Å²) < 4.78 is 5.57. The molecule has 1 heterocycles. The van der Waals surface area contributed by atoms with Crippen LogP contribution in [0.1, 0.15) is 70.3 Å². The molecular formula is C38H43Cl2NO5. The summed E-state index contributed by atoms with van der Waals surface area (Å²) in [7, 11) is 0. The quantitative estimate of drug-likeness (QED) is 0.206. The van der Waals surface area contributed by atoms with E-state index in [1.54, 1.807) is 12.1 Å². The summed E-state index contributed by atoms with van der Waals surface area (Å²) in [6.07, 6.45) is 5.19. The largest absolute Gasteiger partial charge is 0.481 e. The van der Waals surface area contributed by atoms with Gasteiger partial charge in [-0.3, -0.25) is 9.59 Å². The van der Waals surface area contributed by atoms with Gasteiger partial charge in [-0.15, -0.1) is 0 Å². The molecule has 0 bridgehead atoms. The molecule has 4 rings (SSSR count). The zero-order chi connectivity index (χ0) is 33.8. The van der Waals surface area contributed by atoms with Crippen LogP contribution in [0.5, 0.6) is 0 Å². The number of halogens is 2. The Hall–Kier alpha value is -3.87. The van der Waals surface area contributed by atoms with Crippen molar-refractivity contribution in [3.63, 3.8) is 0 Å². The number of hydrogen-bond donors (Lipinski definition) is 1. The van der Waals surface area contributed by atoms with E-state index in [9.17, 15) is 14.4 Å². The van der Waals surface area contributed by atoms with Crippen molar-refractivity contribution in [2.45, 2.75) is 72.4 Å². The van der Waals surface area contributed by atoms with Crippen LogP contribution in [-0.4, -0.2) is 34.0 Å². The number of rotatable bonds is 11. The van der Waals surface area contributed by atoms with E-state index in [2.05, 4.69) is 0 Å². The van der Waals surface area contributed by atoms with Crippen LogP contribution >= 0.6 is 23.2 Å². The lowest BCUT2D eigenvalue weighted by Crippen LogP contribution is -2.42. The molecule has 8 heteroatoms. The molecule has 0 aliphatic carbocycles. The van der Waals surface area contributed by atoms with Crippen molar-refractivity contribution in [1.29, 1.82) is 0 Å². The molecular weight excluding hydrogens is 621 g/mol. The van der Waals surface area contributed by atoms with Crippen LogP contribution in [0.25, 0.3) is 0 Å². The topological polar surface area (TPSA) is 83.9 Å². The average Bonchev–Trinajstić information content (AvgIpc) is 3.32. The number of ether oxygens (including phenoxy) is 1. The molecule has 1 saturated heterocycles. The molecule has 244 valence electrons. The fourth-order valence-electron chi connectivity index (χ4n) is 5.15. The van der Waals surface area contributed by atoms with E-state index in [1.165, 1.54) is 4.90 Å². The summed E-state index contributed by atoms with van der Waals surface area (Å²) in [5.41, 5.74) is 5.19. The van der Waals surface area contributed by atoms with Gasteiger partial charge in [0.05, 0.1) is 12.0 Å². The van der Waals surface area contributed by atoms with Crippen LogP contribution in [0.2, 0.25) is 10.0 Å². The summed E-state index contributed by atoms with van der Waals surface area (Å²) in [6.45, 7) is 9.81. The fourth-order valence-corrected chi connectivity index (χ4v) is 5.40. The van der Waals surface area contributed by atoms with Crippen LogP contribution in [0, 0.1) is 11.8 Å². The Morgan fingerprint density at radius 3 is 1.70 bits per heavy atom. The first-order chi connectivity index (χ1) is 21.8. The lowest BCUT2D eigenvalue weighted by atomic mass is 9.93. The number of aliphatic carboxylic acids is 1. The highest BCUT2D eigenvalue weighted by atomic mass is 35.5. The van der Waals surface area contributed by atoms with E-state index in [-0.39, 0.29) is 23.8 Å². The summed E-state index contributed by atoms with van der Waals surface area (Å²) >= 11 is 11.8. The van der Waals surface area contributed by atoms with Gasteiger partial charge in [-0.1, -0.05) is 101 Å². The van der Waals surface area contributed by atoms with E-state index in [0.29, 0.717) is 35.7 Å². The first-order valence-corrected chi connectivity index (χ1v) is 16.2. The predicted molar refractivity (Wildman–Crippen MR) is 185 cm³/mol. The summed E-state index contributed by atoms with van der Waals surface area (Å²) in [5.74, 6) is -1.67. The SMILES string of the molecule is CC(C)=CC[C@H](Cc1ccc(Cl)cc1)C(=O)N1C(=O)O[C@@H](c2ccccc2)[C@H]1C.CC(C)=CC[C@H](Cc1ccc(Cl)cc1)C(=O)O. The number of carboxylic acids is 1. The highest BCUT2D eigenvalue weighted by Gasteiger charge is 2.45. The Bertz CT molecular complexity index is 1510. The molecule has 46 heavy (non-hydrogen) atoms. The van der Waals surface area contributed by atoms with Gasteiger partial charge >= 0.3 is 12.1 Å². The van der Waals surface area contributed by atoms with Gasteiger partial charge in [0.2, 0.25) is 5.91 Å². The van der Waals surface area contributed by atoms with Crippen molar-refractivity contribution < 1.29 is 24.2 Å². The number of hydrogen-bond acceptors (Lipinski definition) is 4. The zero-order valence-electron chi connectivity index (χ0n) is 27.1. The highest BCUT2D eigenvalue weighted by Crippen LogP contribution is 2.34. The minimum absolute atomic E-state index is 0.201. The lowest BCUT2D eigenvalue weighted by Gasteiger charge is -2.24. The van der Waals surface area contributed by atoms with Crippen LogP contribution in [0.3, 0.4) is 0 Å². The molecule has 0 unspecified atom stereocenters. The second-order valence-electron chi connectivity index (χ2n) is 12.1. The number of imide groups is 1. The van der Waals surface area contributed by atoms with Crippen molar-refractivity contribution in [2.75, 3.05) is 0 Å². The van der Waals surface area contributed by atoms with Gasteiger partial charge < -0.3 is 9.84 Å². The summed E-state index contributed by atoms with van der Waals surface area (Å²) in [5, 5.41) is 10.5. The van der Waals surface area contributed by atoms with Gasteiger partial charge in [0, 0.05) is 16.0 Å². The number of allylic oxidation sites excluding steroid dienone is 4. The maximum Gasteiger partial charge on any atom is 0.417 e. The molecule has 3 aromatic carbocycles. The molecule has 2 amide bonds. The number of amides is 2. The number of nitrogens with zero attached hydrogens (tertiary/aromatic N) is 1. The van der Waals surface area contributed by atoms with Crippen molar-refractivity contribution in [3.05, 3.63) is 129 Å². The third-order valence-corrected chi connectivity index (χ3v) is 8.25. The van der Waals surface area contributed by atoms with Gasteiger partial charge in [0.25, 0.3) is 0 Å². The van der Waals surface area contributed by atoms with Crippen molar-refractivity contribution in [1.82, 2.24) is 4.90 Å². The van der Waals surface area contributed by atoms with Gasteiger partial charge in [-0.2, -0.15) is 0 Å². The van der Waals surface area contributed by atoms with Crippen LogP contribution in [0.15, 0.2) is 102 Å². The van der Waals surface area contributed by atoms with Crippen LogP contribution < -0.4 is 0 Å². The van der Waals surface area contributed by atoms with Crippen LogP contribution in [0.4, 0.5) is 4.79 Å². The third kappa shape index (κ3) is 11.2. The van der Waals surface area contributed by atoms with Gasteiger partial charge in [0.15, 0.2) is 0 Å². The van der Waals surface area contributed by atoms with E-state index in [1.807, 2.05) is 114 Å². The molecule has 4 atom stereocenters. The molecule has 1 N–H and O–H groups in total. The molecule has 1 fully saturated rings. The second-order valence-corrected chi connectivity index (χ2v) is 13.0. The zero-order valence-corrected chi connectivity index (χ0v) is 28.6. The normalized spacial score (nSPS) is 16.8. The molecule has 0 aromatic heterocycles. The Kier molecular flexibility index (Phi) is 14.1. The molecule has 1 aliphatic heterocycles. The molecule has 0 radical (unpaired) electrons. The first-order valence-electron chi connectivity index (χ1n) is 15.4. The first kappa shape index (κ1) is 36.6. The Labute approximate surface area is 282 Å². The predicted octanol–water partition coefficient (Wildman–Crippen LogP) is 9.90. The second kappa shape index (κ2) is 17.7. The van der Waals surface area contributed by atoms with Crippen molar-refractivity contribution >= 4 is 41.2 Å². The Morgan fingerprint density at radius 2 is 1.24 bits per heavy atom. The summed E-state index contributed by atoms with van der Waals surface area (Å²) in [4.78, 5) is 38.4. The summed E-state index contributed by atoms with van der Waals surface area (Å²) in [6, 6.07) is 24.0. The molecule has 0 spiro atoms. The Balaban J connectivity index is 0.000000289. The highest BCUT2D eigenvalue weighted by molar-refractivity contribution is 6.30. The number of carboxylic acid groups (broad SMARTS) is 1. The fraction of sp³-hybridized carbons (Fsp3) is 0.342. The van der Waals surface area contributed by atoms with Gasteiger partial charge in [-0.25, -0.2) is 9.69 Å². The standard InChI is InChI=1S/C24H26ClNO3.C14H17ClO2/c1-16(2)9-12-20(15-18-10-13-21(25)14-11-18)23(27)26-17(3)22(29-24(26)28)19-7-5-4-6-8-19;1-10(2)3-6-12(14(16)17)9-11-4-7-13(15)8-5-11/h4-11,13-14,17,20,22H,12,15H2,1-3H3;3-5,7-8,12H,6,9H2,1-2H3,(H,16,17)/t17-,20-,22-;12-/m11/s1. The van der Waals surface area contributed by atoms with E-state index >= 15 is 0 Å². The Morgan fingerprint density at radius 1 is 0.783 bits per heavy atom. The number of carbonyl (C=O) groups excluding carboxylic acids is 2. The van der Waals surface area contributed by atoms with Gasteiger partial charge in [0.1, 0.15) is 6.10 Å².